The number of anilines is 2. The number of nitro groups is 1. The van der Waals surface area contributed by atoms with Crippen molar-refractivity contribution >= 4 is 32.9 Å². The lowest BCUT2D eigenvalue weighted by Crippen LogP contribution is -2.49. The highest BCUT2D eigenvalue weighted by Gasteiger charge is 2.27. The summed E-state index contributed by atoms with van der Waals surface area (Å²) < 4.78 is 24.3. The molecule has 2 aliphatic heterocycles. The van der Waals surface area contributed by atoms with Crippen LogP contribution in [0.1, 0.15) is 29.6 Å². The molecule has 10 nitrogen and oxygen atoms in total. The number of carbonyl (C=O) groups excluding carboxylic acids is 1. The van der Waals surface area contributed by atoms with E-state index < -0.39 is 14.8 Å². The van der Waals surface area contributed by atoms with Crippen molar-refractivity contribution in [1.29, 1.82) is 0 Å². The Morgan fingerprint density at radius 1 is 0.970 bits per heavy atom. The van der Waals surface area contributed by atoms with Gasteiger partial charge in [-0.3, -0.25) is 14.9 Å². The molecule has 1 aromatic heterocycles. The number of nitrogens with zero attached hydrogens (tertiary/aromatic N) is 5. The molecular formula is C22H27N5O5S. The van der Waals surface area contributed by atoms with Crippen molar-refractivity contribution < 1.29 is 18.1 Å². The summed E-state index contributed by atoms with van der Waals surface area (Å²) in [6.07, 6.45) is 5.62. The fourth-order valence-corrected chi connectivity index (χ4v) is 4.96. The number of sulfone groups is 1. The van der Waals surface area contributed by atoms with Gasteiger partial charge in [-0.15, -0.1) is 0 Å². The molecule has 33 heavy (non-hydrogen) atoms. The maximum absolute atomic E-state index is 13.5. The van der Waals surface area contributed by atoms with Crippen LogP contribution in [-0.2, 0) is 9.84 Å². The van der Waals surface area contributed by atoms with E-state index in [0.717, 1.165) is 44.3 Å². The van der Waals surface area contributed by atoms with Crippen LogP contribution in [0.2, 0.25) is 0 Å². The van der Waals surface area contributed by atoms with E-state index in [9.17, 15) is 23.3 Å². The molecule has 0 unspecified atom stereocenters. The normalized spacial score (nSPS) is 17.2. The number of piperidine rings is 1. The first kappa shape index (κ1) is 23.0. The van der Waals surface area contributed by atoms with Crippen LogP contribution in [0.3, 0.4) is 0 Å². The number of rotatable bonds is 5. The van der Waals surface area contributed by atoms with E-state index in [1.165, 1.54) is 18.3 Å². The molecule has 3 heterocycles. The van der Waals surface area contributed by atoms with Crippen molar-refractivity contribution in [2.75, 3.05) is 55.3 Å². The molecule has 1 aromatic carbocycles. The van der Waals surface area contributed by atoms with E-state index in [1.807, 2.05) is 4.90 Å². The first-order valence-electron chi connectivity index (χ1n) is 11.0. The number of aromatic nitrogens is 1. The van der Waals surface area contributed by atoms with E-state index in [-0.39, 0.29) is 16.5 Å². The number of benzene rings is 1. The van der Waals surface area contributed by atoms with Crippen LogP contribution in [0.25, 0.3) is 0 Å². The van der Waals surface area contributed by atoms with Crippen molar-refractivity contribution in [3.8, 4) is 0 Å². The van der Waals surface area contributed by atoms with Gasteiger partial charge in [0.15, 0.2) is 9.84 Å². The van der Waals surface area contributed by atoms with Crippen LogP contribution < -0.4 is 9.80 Å². The third kappa shape index (κ3) is 5.08. The lowest BCUT2D eigenvalue weighted by Gasteiger charge is -2.36. The number of piperazine rings is 1. The molecule has 2 aromatic rings. The summed E-state index contributed by atoms with van der Waals surface area (Å²) in [5.41, 5.74) is 1.14. The molecule has 11 heteroatoms. The van der Waals surface area contributed by atoms with Gasteiger partial charge in [-0.25, -0.2) is 13.4 Å². The summed E-state index contributed by atoms with van der Waals surface area (Å²) in [5, 5.41) is 10.8. The standard InChI is InChI=1S/C22H27N5O5S/c1-33(31,32)18-6-7-20(24-9-3-2-4-10-24)19(15-18)22(28)26-13-11-25(12-14-26)21-8-5-17(16-23-21)27(29)30/h5-8,15-16H,2-4,9-14H2,1H3. The molecule has 1 amide bonds. The zero-order valence-corrected chi connectivity index (χ0v) is 19.3. The maximum Gasteiger partial charge on any atom is 0.287 e. The van der Waals surface area contributed by atoms with Crippen LogP contribution >= 0.6 is 0 Å². The van der Waals surface area contributed by atoms with Gasteiger partial charge >= 0.3 is 0 Å². The van der Waals surface area contributed by atoms with E-state index in [4.69, 9.17) is 0 Å². The lowest BCUT2D eigenvalue weighted by molar-refractivity contribution is -0.385. The lowest BCUT2D eigenvalue weighted by atomic mass is 10.1. The quantitative estimate of drug-likeness (QED) is 0.480. The van der Waals surface area contributed by atoms with Crippen molar-refractivity contribution in [3.63, 3.8) is 0 Å². The molecule has 176 valence electrons. The first-order chi connectivity index (χ1) is 15.7. The Balaban J connectivity index is 1.53. The van der Waals surface area contributed by atoms with E-state index >= 15 is 0 Å². The summed E-state index contributed by atoms with van der Waals surface area (Å²) in [6.45, 7) is 3.64. The Labute approximate surface area is 192 Å². The Morgan fingerprint density at radius 2 is 1.67 bits per heavy atom. The molecule has 0 aliphatic carbocycles. The Bertz CT molecular complexity index is 1140. The summed E-state index contributed by atoms with van der Waals surface area (Å²) in [7, 11) is -3.45. The van der Waals surface area contributed by atoms with Gasteiger partial charge in [0.25, 0.3) is 11.6 Å². The maximum atomic E-state index is 13.5. The van der Waals surface area contributed by atoms with Crippen LogP contribution in [0.5, 0.6) is 0 Å². The monoisotopic (exact) mass is 473 g/mol. The molecule has 4 rings (SSSR count). The van der Waals surface area contributed by atoms with Gasteiger partial charge in [0.1, 0.15) is 12.0 Å². The molecule has 0 spiro atoms. The minimum Gasteiger partial charge on any atom is -0.371 e. The summed E-state index contributed by atoms with van der Waals surface area (Å²) in [6, 6.07) is 7.87. The van der Waals surface area contributed by atoms with Crippen LogP contribution in [0, 0.1) is 10.1 Å². The number of pyridine rings is 1. The molecule has 0 bridgehead atoms. The van der Waals surface area contributed by atoms with Crippen LogP contribution in [0.4, 0.5) is 17.2 Å². The average molecular weight is 474 g/mol. The average Bonchev–Trinajstić information content (AvgIpc) is 2.83. The molecular weight excluding hydrogens is 446 g/mol. The number of hydrogen-bond donors (Lipinski definition) is 0. The van der Waals surface area contributed by atoms with E-state index in [2.05, 4.69) is 9.88 Å². The first-order valence-corrected chi connectivity index (χ1v) is 12.9. The van der Waals surface area contributed by atoms with Gasteiger partial charge in [0, 0.05) is 57.3 Å². The topological polar surface area (TPSA) is 117 Å². The van der Waals surface area contributed by atoms with Gasteiger partial charge in [0.05, 0.1) is 15.4 Å². The highest BCUT2D eigenvalue weighted by atomic mass is 32.2. The summed E-state index contributed by atoms with van der Waals surface area (Å²) in [5.74, 6) is 0.443. The second kappa shape index (κ2) is 9.34. The highest BCUT2D eigenvalue weighted by Crippen LogP contribution is 2.29. The van der Waals surface area contributed by atoms with Gasteiger partial charge < -0.3 is 14.7 Å². The number of carbonyl (C=O) groups is 1. The zero-order chi connectivity index (χ0) is 23.6. The van der Waals surface area contributed by atoms with Crippen molar-refractivity contribution in [1.82, 2.24) is 9.88 Å². The Hall–Kier alpha value is -3.21. The molecule has 0 radical (unpaired) electrons. The van der Waals surface area contributed by atoms with Crippen molar-refractivity contribution in [2.24, 2.45) is 0 Å². The molecule has 0 N–H and O–H groups in total. The minimum absolute atomic E-state index is 0.0661. The smallest absolute Gasteiger partial charge is 0.287 e. The minimum atomic E-state index is -3.45. The Morgan fingerprint density at radius 3 is 2.24 bits per heavy atom. The van der Waals surface area contributed by atoms with Gasteiger partial charge in [0.2, 0.25) is 0 Å². The second-order valence-electron chi connectivity index (χ2n) is 8.41. The van der Waals surface area contributed by atoms with Gasteiger partial charge in [-0.05, 0) is 43.5 Å². The predicted octanol–water partition coefficient (Wildman–Crippen LogP) is 2.35. The summed E-state index contributed by atoms with van der Waals surface area (Å²) >= 11 is 0. The molecule has 2 aliphatic rings. The fourth-order valence-electron chi connectivity index (χ4n) is 4.31. The van der Waals surface area contributed by atoms with Crippen LogP contribution in [-0.4, -0.2) is 74.7 Å². The zero-order valence-electron chi connectivity index (χ0n) is 18.5. The molecule has 2 saturated heterocycles. The number of hydrogen-bond acceptors (Lipinski definition) is 8. The van der Waals surface area contributed by atoms with Crippen molar-refractivity contribution in [2.45, 2.75) is 24.2 Å². The largest absolute Gasteiger partial charge is 0.371 e. The molecule has 0 saturated carbocycles. The molecule has 2 fully saturated rings. The third-order valence-electron chi connectivity index (χ3n) is 6.16. The number of amides is 1. The van der Waals surface area contributed by atoms with Crippen LogP contribution in [0.15, 0.2) is 41.4 Å². The SMILES string of the molecule is CS(=O)(=O)c1ccc(N2CCCCC2)c(C(=O)N2CCN(c3ccc([N+](=O)[O-])cn3)CC2)c1. The molecule has 0 atom stereocenters. The Kier molecular flexibility index (Phi) is 6.50. The van der Waals surface area contributed by atoms with Gasteiger partial charge in [-0.2, -0.15) is 0 Å². The predicted molar refractivity (Wildman–Crippen MR) is 125 cm³/mol. The van der Waals surface area contributed by atoms with E-state index in [0.29, 0.717) is 37.6 Å². The fraction of sp³-hybridized carbons (Fsp3) is 0.455. The highest BCUT2D eigenvalue weighted by molar-refractivity contribution is 7.90. The van der Waals surface area contributed by atoms with E-state index in [1.54, 1.807) is 23.1 Å². The van der Waals surface area contributed by atoms with Crippen molar-refractivity contribution in [3.05, 3.63) is 52.2 Å². The third-order valence-corrected chi connectivity index (χ3v) is 7.27. The second-order valence-corrected chi connectivity index (χ2v) is 10.4. The van der Waals surface area contributed by atoms with Gasteiger partial charge in [-0.1, -0.05) is 0 Å². The summed E-state index contributed by atoms with van der Waals surface area (Å²) in [4.78, 5) is 34.0.